The first-order valence-electron chi connectivity index (χ1n) is 8.47. The molecule has 2 aromatic carbocycles. The molecule has 0 bridgehead atoms. The Morgan fingerprint density at radius 2 is 1.92 bits per heavy atom. The number of halogens is 2. The van der Waals surface area contributed by atoms with Crippen molar-refractivity contribution in [1.82, 2.24) is 14.8 Å². The Kier molecular flexibility index (Phi) is 4.24. The summed E-state index contributed by atoms with van der Waals surface area (Å²) in [4.78, 5) is 4.25. The number of fused-ring (bicyclic) bond motifs is 1. The summed E-state index contributed by atoms with van der Waals surface area (Å²) in [6.45, 7) is 4.32. The maximum Gasteiger partial charge on any atom is 0.226 e. The van der Waals surface area contributed by atoms with E-state index >= 15 is 0 Å². The summed E-state index contributed by atoms with van der Waals surface area (Å²) in [6.07, 6.45) is 3.37. The van der Waals surface area contributed by atoms with Crippen LogP contribution in [0.2, 0.25) is 5.02 Å². The second-order valence-corrected chi connectivity index (χ2v) is 7.00. The van der Waals surface area contributed by atoms with Gasteiger partial charge in [-0.3, -0.25) is 0 Å². The minimum absolute atomic E-state index is 0.364. The molecule has 0 saturated carbocycles. The van der Waals surface area contributed by atoms with E-state index in [9.17, 15) is 4.39 Å². The van der Waals surface area contributed by atoms with Crippen LogP contribution in [0.15, 0.2) is 54.9 Å². The SMILES string of the molecule is CC(C)c1ccc(C2=C[C@@H](c3c(F)cccc3Cl)n3ncnc3N2)cc1. The predicted octanol–water partition coefficient (Wildman–Crippen LogP) is 5.25. The summed E-state index contributed by atoms with van der Waals surface area (Å²) >= 11 is 6.29. The minimum atomic E-state index is -0.470. The van der Waals surface area contributed by atoms with Crippen LogP contribution < -0.4 is 5.32 Å². The second-order valence-electron chi connectivity index (χ2n) is 6.59. The molecule has 0 saturated heterocycles. The molecule has 0 aliphatic carbocycles. The highest BCUT2D eigenvalue weighted by molar-refractivity contribution is 6.31. The summed E-state index contributed by atoms with van der Waals surface area (Å²) in [6, 6.07) is 12.5. The van der Waals surface area contributed by atoms with Gasteiger partial charge in [0.25, 0.3) is 0 Å². The summed E-state index contributed by atoms with van der Waals surface area (Å²) in [7, 11) is 0. The van der Waals surface area contributed by atoms with E-state index in [0.717, 1.165) is 11.3 Å². The Labute approximate surface area is 156 Å². The van der Waals surface area contributed by atoms with Gasteiger partial charge in [0.15, 0.2) is 0 Å². The quantitative estimate of drug-likeness (QED) is 0.686. The molecule has 1 atom stereocenters. The van der Waals surface area contributed by atoms with E-state index in [2.05, 4.69) is 53.5 Å². The summed E-state index contributed by atoms with van der Waals surface area (Å²) in [5.74, 6) is 0.654. The van der Waals surface area contributed by atoms with Crippen molar-refractivity contribution in [3.8, 4) is 0 Å². The van der Waals surface area contributed by atoms with Gasteiger partial charge in [-0.1, -0.05) is 55.8 Å². The van der Waals surface area contributed by atoms with Crippen LogP contribution in [0.25, 0.3) is 5.70 Å². The first kappa shape index (κ1) is 16.8. The number of nitrogens with one attached hydrogen (secondary N) is 1. The smallest absolute Gasteiger partial charge is 0.226 e. The van der Waals surface area contributed by atoms with Crippen molar-refractivity contribution in [2.75, 3.05) is 5.32 Å². The van der Waals surface area contributed by atoms with E-state index in [4.69, 9.17) is 11.6 Å². The van der Waals surface area contributed by atoms with Gasteiger partial charge in [0.1, 0.15) is 18.2 Å². The lowest BCUT2D eigenvalue weighted by Gasteiger charge is -2.25. The highest BCUT2D eigenvalue weighted by Gasteiger charge is 2.27. The van der Waals surface area contributed by atoms with Crippen LogP contribution >= 0.6 is 11.6 Å². The molecule has 3 aromatic rings. The van der Waals surface area contributed by atoms with Crippen LogP contribution in [0.4, 0.5) is 10.3 Å². The zero-order valence-corrected chi connectivity index (χ0v) is 15.2. The van der Waals surface area contributed by atoms with Crippen molar-refractivity contribution < 1.29 is 4.39 Å². The molecule has 1 aliphatic rings. The van der Waals surface area contributed by atoms with Gasteiger partial charge in [-0.2, -0.15) is 10.1 Å². The van der Waals surface area contributed by atoms with E-state index in [1.54, 1.807) is 16.8 Å². The highest BCUT2D eigenvalue weighted by Crippen LogP contribution is 2.36. The molecule has 0 amide bonds. The normalized spacial score (nSPS) is 16.2. The molecule has 132 valence electrons. The van der Waals surface area contributed by atoms with Gasteiger partial charge in [0.05, 0.1) is 0 Å². The number of aromatic nitrogens is 3. The lowest BCUT2D eigenvalue weighted by molar-refractivity contribution is 0.551. The number of hydrogen-bond donors (Lipinski definition) is 1. The van der Waals surface area contributed by atoms with Gasteiger partial charge in [-0.05, 0) is 35.3 Å². The summed E-state index contributed by atoms with van der Waals surface area (Å²) in [5, 5.41) is 7.87. The Hall–Kier alpha value is -2.66. The number of allylic oxidation sites excluding steroid dienone is 1. The third-order valence-electron chi connectivity index (χ3n) is 4.59. The molecule has 0 spiro atoms. The zero-order chi connectivity index (χ0) is 18.3. The third-order valence-corrected chi connectivity index (χ3v) is 4.92. The van der Waals surface area contributed by atoms with Crippen molar-refractivity contribution in [2.24, 2.45) is 0 Å². The van der Waals surface area contributed by atoms with E-state index in [1.807, 2.05) is 6.08 Å². The Bertz CT molecular complexity index is 955. The number of anilines is 1. The number of rotatable bonds is 3. The largest absolute Gasteiger partial charge is 0.324 e. The Morgan fingerprint density at radius 1 is 1.15 bits per heavy atom. The van der Waals surface area contributed by atoms with Gasteiger partial charge in [0.2, 0.25) is 5.95 Å². The van der Waals surface area contributed by atoms with E-state index in [-0.39, 0.29) is 5.82 Å². The summed E-state index contributed by atoms with van der Waals surface area (Å²) in [5.41, 5.74) is 3.51. The molecule has 4 rings (SSSR count). The first-order valence-corrected chi connectivity index (χ1v) is 8.85. The van der Waals surface area contributed by atoms with Crippen molar-refractivity contribution in [2.45, 2.75) is 25.8 Å². The minimum Gasteiger partial charge on any atom is -0.324 e. The van der Waals surface area contributed by atoms with Gasteiger partial charge < -0.3 is 5.32 Å². The fourth-order valence-electron chi connectivity index (χ4n) is 3.15. The third kappa shape index (κ3) is 2.88. The fraction of sp³-hybridized carbons (Fsp3) is 0.200. The first-order chi connectivity index (χ1) is 12.5. The molecular formula is C20H18ClFN4. The zero-order valence-electron chi connectivity index (χ0n) is 14.4. The molecule has 0 fully saturated rings. The van der Waals surface area contributed by atoms with Gasteiger partial charge in [0, 0.05) is 16.3 Å². The fourth-order valence-corrected chi connectivity index (χ4v) is 3.42. The van der Waals surface area contributed by atoms with Crippen molar-refractivity contribution in [3.63, 3.8) is 0 Å². The average molecular weight is 369 g/mol. The van der Waals surface area contributed by atoms with E-state index < -0.39 is 6.04 Å². The standard InChI is InChI=1S/C20H18ClFN4/c1-12(2)13-6-8-14(9-7-13)17-10-18(26-20(25-17)23-11-24-26)19-15(21)4-3-5-16(19)22/h3-12,18H,1-2H3,(H,23,24,25)/t18-/m0/s1. The molecule has 2 heterocycles. The van der Waals surface area contributed by atoms with Crippen molar-refractivity contribution in [1.29, 1.82) is 0 Å². The van der Waals surface area contributed by atoms with Crippen LogP contribution in [0.5, 0.6) is 0 Å². The topological polar surface area (TPSA) is 42.7 Å². The van der Waals surface area contributed by atoms with Gasteiger partial charge >= 0.3 is 0 Å². The van der Waals surface area contributed by atoms with Gasteiger partial charge in [-0.15, -0.1) is 0 Å². The number of nitrogens with zero attached hydrogens (tertiary/aromatic N) is 3. The molecule has 4 nitrogen and oxygen atoms in total. The average Bonchev–Trinajstić information content (AvgIpc) is 3.10. The molecular weight excluding hydrogens is 351 g/mol. The number of hydrogen-bond acceptors (Lipinski definition) is 3. The predicted molar refractivity (Wildman–Crippen MR) is 102 cm³/mol. The Balaban J connectivity index is 1.81. The van der Waals surface area contributed by atoms with Gasteiger partial charge in [-0.25, -0.2) is 9.07 Å². The molecule has 26 heavy (non-hydrogen) atoms. The van der Waals surface area contributed by atoms with Crippen molar-refractivity contribution in [3.05, 3.63) is 82.4 Å². The van der Waals surface area contributed by atoms with E-state index in [1.165, 1.54) is 18.0 Å². The second kappa shape index (κ2) is 6.57. The van der Waals surface area contributed by atoms with Crippen LogP contribution in [0.1, 0.15) is 42.5 Å². The molecule has 0 radical (unpaired) electrons. The van der Waals surface area contributed by atoms with Crippen LogP contribution in [-0.4, -0.2) is 14.8 Å². The lowest BCUT2D eigenvalue weighted by atomic mass is 9.98. The highest BCUT2D eigenvalue weighted by atomic mass is 35.5. The lowest BCUT2D eigenvalue weighted by Crippen LogP contribution is -2.21. The summed E-state index contributed by atoms with van der Waals surface area (Å²) < 4.78 is 16.1. The van der Waals surface area contributed by atoms with Crippen LogP contribution in [0, 0.1) is 5.82 Å². The molecule has 1 N–H and O–H groups in total. The maximum atomic E-state index is 14.5. The van der Waals surface area contributed by atoms with Crippen molar-refractivity contribution >= 4 is 23.2 Å². The van der Waals surface area contributed by atoms with E-state index in [0.29, 0.717) is 22.5 Å². The maximum absolute atomic E-state index is 14.5. The Morgan fingerprint density at radius 3 is 2.62 bits per heavy atom. The van der Waals surface area contributed by atoms with Crippen LogP contribution in [0.3, 0.4) is 0 Å². The number of benzene rings is 2. The molecule has 1 aromatic heterocycles. The molecule has 1 aliphatic heterocycles. The monoisotopic (exact) mass is 368 g/mol. The van der Waals surface area contributed by atoms with Crippen LogP contribution in [-0.2, 0) is 0 Å². The molecule has 0 unspecified atom stereocenters. The molecule has 6 heteroatoms.